The van der Waals surface area contributed by atoms with Gasteiger partial charge >= 0.3 is 5.97 Å². The zero-order valence-corrected chi connectivity index (χ0v) is 9.73. The second-order valence-corrected chi connectivity index (χ2v) is 4.47. The molecule has 0 aromatic heterocycles. The Labute approximate surface area is 96.6 Å². The van der Waals surface area contributed by atoms with Gasteiger partial charge in [-0.25, -0.2) is 0 Å². The molecule has 1 rings (SSSR count). The number of unbranched alkanes of at least 4 members (excludes halogenated alkanes) is 2. The van der Waals surface area contributed by atoms with Gasteiger partial charge in [0.25, 0.3) is 0 Å². The lowest BCUT2D eigenvalue weighted by atomic mass is 9.87. The monoisotopic (exact) mass is 230 g/mol. The van der Waals surface area contributed by atoms with E-state index in [2.05, 4.69) is 0 Å². The van der Waals surface area contributed by atoms with Crippen molar-refractivity contribution in [3.8, 4) is 0 Å². The van der Waals surface area contributed by atoms with Crippen molar-refractivity contribution in [1.82, 2.24) is 0 Å². The van der Waals surface area contributed by atoms with Crippen molar-refractivity contribution in [3.63, 3.8) is 0 Å². The molecular formula is C12H22O4. The number of aliphatic hydroxyl groups is 1. The predicted molar refractivity (Wildman–Crippen MR) is 60.3 cm³/mol. The summed E-state index contributed by atoms with van der Waals surface area (Å²) in [5.41, 5.74) is 0. The molecule has 0 saturated heterocycles. The van der Waals surface area contributed by atoms with Crippen LogP contribution in [0.1, 0.15) is 44.9 Å². The average molecular weight is 230 g/mol. The molecule has 0 aromatic rings. The minimum absolute atomic E-state index is 0.158. The maximum Gasteiger partial charge on any atom is 0.306 e. The largest absolute Gasteiger partial charge is 0.481 e. The number of rotatable bonds is 7. The normalized spacial score (nSPS) is 25.6. The van der Waals surface area contributed by atoms with E-state index in [4.69, 9.17) is 14.9 Å². The molecule has 1 saturated carbocycles. The van der Waals surface area contributed by atoms with Crippen LogP contribution in [0.4, 0.5) is 0 Å². The van der Waals surface area contributed by atoms with Crippen LogP contribution in [0.2, 0.25) is 0 Å². The van der Waals surface area contributed by atoms with Crippen molar-refractivity contribution < 1.29 is 19.7 Å². The smallest absolute Gasteiger partial charge is 0.306 e. The summed E-state index contributed by atoms with van der Waals surface area (Å²) in [6.07, 6.45) is 6.32. The number of carboxylic acid groups (broad SMARTS) is 1. The minimum Gasteiger partial charge on any atom is -0.481 e. The highest BCUT2D eigenvalue weighted by Crippen LogP contribution is 2.26. The molecule has 1 aliphatic rings. The van der Waals surface area contributed by atoms with E-state index in [-0.39, 0.29) is 18.6 Å². The summed E-state index contributed by atoms with van der Waals surface area (Å²) in [5, 5.41) is 17.4. The number of carbonyl (C=O) groups is 1. The molecule has 0 unspecified atom stereocenters. The van der Waals surface area contributed by atoms with E-state index in [0.29, 0.717) is 0 Å². The van der Waals surface area contributed by atoms with Crippen LogP contribution in [0.3, 0.4) is 0 Å². The first-order valence-electron chi connectivity index (χ1n) is 6.19. The summed E-state index contributed by atoms with van der Waals surface area (Å²) in [5.74, 6) is -0.823. The summed E-state index contributed by atoms with van der Waals surface area (Å²) >= 11 is 0. The number of aliphatic hydroxyl groups excluding tert-OH is 1. The highest BCUT2D eigenvalue weighted by molar-refractivity contribution is 5.69. The summed E-state index contributed by atoms with van der Waals surface area (Å²) in [6, 6.07) is 0. The topological polar surface area (TPSA) is 66.8 Å². The van der Waals surface area contributed by atoms with Gasteiger partial charge in [0.2, 0.25) is 0 Å². The molecule has 94 valence electrons. The van der Waals surface area contributed by atoms with Crippen molar-refractivity contribution in [2.45, 2.75) is 51.0 Å². The Bertz CT molecular complexity index is 197. The maximum atomic E-state index is 10.7. The second kappa shape index (κ2) is 7.63. The highest BCUT2D eigenvalue weighted by Gasteiger charge is 2.25. The van der Waals surface area contributed by atoms with Crippen molar-refractivity contribution in [3.05, 3.63) is 0 Å². The molecular weight excluding hydrogens is 208 g/mol. The van der Waals surface area contributed by atoms with Gasteiger partial charge in [-0.1, -0.05) is 0 Å². The third-order valence-corrected chi connectivity index (χ3v) is 3.18. The third-order valence-electron chi connectivity index (χ3n) is 3.18. The van der Waals surface area contributed by atoms with Crippen LogP contribution in [-0.4, -0.2) is 35.5 Å². The summed E-state index contributed by atoms with van der Waals surface area (Å²) in [6.45, 7) is 0.992. The van der Waals surface area contributed by atoms with Gasteiger partial charge in [0.05, 0.1) is 12.0 Å². The summed E-state index contributed by atoms with van der Waals surface area (Å²) < 4.78 is 5.68. The Morgan fingerprint density at radius 2 is 1.81 bits per heavy atom. The van der Waals surface area contributed by atoms with Gasteiger partial charge in [0, 0.05) is 13.2 Å². The maximum absolute atomic E-state index is 10.7. The van der Waals surface area contributed by atoms with Crippen LogP contribution in [0.25, 0.3) is 0 Å². The highest BCUT2D eigenvalue weighted by atomic mass is 16.5. The van der Waals surface area contributed by atoms with E-state index in [1.807, 2.05) is 0 Å². The molecule has 4 heteroatoms. The SMILES string of the molecule is O=C(O)C1CCC(OCCCCCO)CC1. The van der Waals surface area contributed by atoms with E-state index in [9.17, 15) is 4.79 Å². The van der Waals surface area contributed by atoms with E-state index in [1.165, 1.54) is 0 Å². The molecule has 1 aliphatic carbocycles. The lowest BCUT2D eigenvalue weighted by Gasteiger charge is -2.26. The molecule has 2 N–H and O–H groups in total. The van der Waals surface area contributed by atoms with Crippen LogP contribution >= 0.6 is 0 Å². The Hall–Kier alpha value is -0.610. The zero-order valence-electron chi connectivity index (χ0n) is 9.73. The first-order valence-corrected chi connectivity index (χ1v) is 6.19. The molecule has 16 heavy (non-hydrogen) atoms. The van der Waals surface area contributed by atoms with Gasteiger partial charge in [-0.2, -0.15) is 0 Å². The molecule has 0 aliphatic heterocycles. The van der Waals surface area contributed by atoms with Gasteiger partial charge in [-0.05, 0) is 44.9 Å². The molecule has 4 nitrogen and oxygen atoms in total. The Morgan fingerprint density at radius 1 is 1.12 bits per heavy atom. The fraction of sp³-hybridized carbons (Fsp3) is 0.917. The molecule has 0 aromatic carbocycles. The number of aliphatic carboxylic acids is 1. The Morgan fingerprint density at radius 3 is 2.38 bits per heavy atom. The quantitative estimate of drug-likeness (QED) is 0.654. The van der Waals surface area contributed by atoms with Crippen molar-refractivity contribution >= 4 is 5.97 Å². The third kappa shape index (κ3) is 4.94. The Kier molecular flexibility index (Phi) is 6.42. The van der Waals surface area contributed by atoms with Crippen molar-refractivity contribution in [1.29, 1.82) is 0 Å². The lowest BCUT2D eigenvalue weighted by molar-refractivity contribution is -0.143. The number of hydrogen-bond donors (Lipinski definition) is 2. The van der Waals surface area contributed by atoms with Gasteiger partial charge < -0.3 is 14.9 Å². The molecule has 0 spiro atoms. The predicted octanol–water partition coefficient (Wildman–Crippen LogP) is 1.81. The fourth-order valence-electron chi connectivity index (χ4n) is 2.12. The molecule has 1 fully saturated rings. The standard InChI is InChI=1S/C12H22O4/c13-8-2-1-3-9-16-11-6-4-10(5-7-11)12(14)15/h10-11,13H,1-9H2,(H,14,15). The van der Waals surface area contributed by atoms with Crippen LogP contribution < -0.4 is 0 Å². The molecule has 0 bridgehead atoms. The van der Waals surface area contributed by atoms with E-state index < -0.39 is 5.97 Å². The zero-order chi connectivity index (χ0) is 11.8. The fourth-order valence-corrected chi connectivity index (χ4v) is 2.12. The molecule has 0 atom stereocenters. The first kappa shape index (κ1) is 13.5. The van der Waals surface area contributed by atoms with Crippen LogP contribution in [0.5, 0.6) is 0 Å². The van der Waals surface area contributed by atoms with Crippen LogP contribution in [0.15, 0.2) is 0 Å². The Balaban J connectivity index is 2.02. The lowest BCUT2D eigenvalue weighted by Crippen LogP contribution is -2.26. The van der Waals surface area contributed by atoms with E-state index in [1.54, 1.807) is 0 Å². The molecule has 0 amide bonds. The van der Waals surface area contributed by atoms with Crippen molar-refractivity contribution in [2.24, 2.45) is 5.92 Å². The summed E-state index contributed by atoms with van der Waals surface area (Å²) in [7, 11) is 0. The first-order chi connectivity index (χ1) is 7.74. The number of carboxylic acids is 1. The molecule has 0 heterocycles. The molecule has 0 radical (unpaired) electrons. The second-order valence-electron chi connectivity index (χ2n) is 4.47. The van der Waals surface area contributed by atoms with Crippen LogP contribution in [0, 0.1) is 5.92 Å². The van der Waals surface area contributed by atoms with E-state index in [0.717, 1.165) is 51.6 Å². The van der Waals surface area contributed by atoms with Crippen molar-refractivity contribution in [2.75, 3.05) is 13.2 Å². The summed E-state index contributed by atoms with van der Waals surface area (Å²) in [4.78, 5) is 10.7. The average Bonchev–Trinajstić information content (AvgIpc) is 2.29. The van der Waals surface area contributed by atoms with Gasteiger partial charge in [0.1, 0.15) is 0 Å². The van der Waals surface area contributed by atoms with E-state index >= 15 is 0 Å². The van der Waals surface area contributed by atoms with Gasteiger partial charge in [-0.15, -0.1) is 0 Å². The van der Waals surface area contributed by atoms with Gasteiger partial charge in [-0.3, -0.25) is 4.79 Å². The van der Waals surface area contributed by atoms with Gasteiger partial charge in [0.15, 0.2) is 0 Å². The minimum atomic E-state index is -0.665. The number of ether oxygens (including phenoxy) is 1. The van der Waals surface area contributed by atoms with Crippen LogP contribution in [-0.2, 0) is 9.53 Å². The number of hydrogen-bond acceptors (Lipinski definition) is 3.